The number of pyridine rings is 1. The van der Waals surface area contributed by atoms with Gasteiger partial charge in [-0.2, -0.15) is 13.2 Å². The lowest BCUT2D eigenvalue weighted by Crippen LogP contribution is -2.28. The van der Waals surface area contributed by atoms with Gasteiger partial charge in [0.25, 0.3) is 0 Å². The summed E-state index contributed by atoms with van der Waals surface area (Å²) in [5.74, 6) is -0.513. The van der Waals surface area contributed by atoms with Crippen LogP contribution in [0.3, 0.4) is 0 Å². The second kappa shape index (κ2) is 10.7. The van der Waals surface area contributed by atoms with Gasteiger partial charge in [0, 0.05) is 19.2 Å². The summed E-state index contributed by atoms with van der Waals surface area (Å²) in [6.07, 6.45) is -3.05. The minimum Gasteiger partial charge on any atom is -0.494 e. The number of amides is 2. The number of nitrogens with one attached hydrogen (secondary N) is 1. The van der Waals surface area contributed by atoms with Crippen molar-refractivity contribution in [3.63, 3.8) is 0 Å². The molecule has 1 unspecified atom stereocenters. The van der Waals surface area contributed by atoms with Gasteiger partial charge < -0.3 is 19.7 Å². The molecule has 1 N–H and O–H groups in total. The van der Waals surface area contributed by atoms with Crippen molar-refractivity contribution in [3.05, 3.63) is 78.1 Å². The van der Waals surface area contributed by atoms with Crippen molar-refractivity contribution in [2.24, 2.45) is 5.92 Å². The third kappa shape index (κ3) is 6.12. The van der Waals surface area contributed by atoms with Crippen LogP contribution < -0.4 is 14.8 Å². The minimum atomic E-state index is -4.61. The molecular weight excluding hydrogens is 475 g/mol. The first kappa shape index (κ1) is 25.0. The molecule has 1 saturated heterocycles. The van der Waals surface area contributed by atoms with Crippen LogP contribution in [0.25, 0.3) is 0 Å². The molecule has 4 rings (SSSR count). The quantitative estimate of drug-likeness (QED) is 0.456. The predicted molar refractivity (Wildman–Crippen MR) is 126 cm³/mol. The van der Waals surface area contributed by atoms with Crippen LogP contribution in [0.1, 0.15) is 24.6 Å². The van der Waals surface area contributed by atoms with E-state index in [0.717, 1.165) is 18.2 Å². The number of carbonyl (C=O) groups excluding carboxylic acids is 2. The molecule has 3 aromatic rings. The Kier molecular flexibility index (Phi) is 7.42. The van der Waals surface area contributed by atoms with Crippen LogP contribution in [0.5, 0.6) is 17.2 Å². The van der Waals surface area contributed by atoms with E-state index in [4.69, 9.17) is 9.47 Å². The Morgan fingerprint density at radius 2 is 1.86 bits per heavy atom. The smallest absolute Gasteiger partial charge is 0.416 e. The summed E-state index contributed by atoms with van der Waals surface area (Å²) in [5, 5.41) is 2.54. The number of likely N-dealkylation sites (tertiary alicyclic amines) is 1. The molecule has 2 aromatic carbocycles. The van der Waals surface area contributed by atoms with E-state index in [0.29, 0.717) is 23.8 Å². The number of hydrogen-bond donors (Lipinski definition) is 1. The van der Waals surface area contributed by atoms with Crippen molar-refractivity contribution in [2.75, 3.05) is 18.5 Å². The molecule has 36 heavy (non-hydrogen) atoms. The fourth-order valence-corrected chi connectivity index (χ4v) is 3.81. The number of aromatic nitrogens is 1. The number of alkyl halides is 3. The van der Waals surface area contributed by atoms with Gasteiger partial charge in [-0.25, -0.2) is 0 Å². The maximum absolute atomic E-state index is 13.4. The van der Waals surface area contributed by atoms with Gasteiger partial charge in [0.15, 0.2) is 5.75 Å². The van der Waals surface area contributed by atoms with Crippen molar-refractivity contribution < 1.29 is 32.2 Å². The molecule has 0 bridgehead atoms. The van der Waals surface area contributed by atoms with Gasteiger partial charge in [-0.1, -0.05) is 6.07 Å². The fourth-order valence-electron chi connectivity index (χ4n) is 3.81. The zero-order valence-corrected chi connectivity index (χ0v) is 19.4. The van der Waals surface area contributed by atoms with Crippen LogP contribution in [0, 0.1) is 5.92 Å². The molecule has 0 aliphatic carbocycles. The molecule has 2 amide bonds. The second-order valence-corrected chi connectivity index (χ2v) is 8.20. The van der Waals surface area contributed by atoms with Crippen molar-refractivity contribution >= 4 is 17.5 Å². The average molecular weight is 499 g/mol. The van der Waals surface area contributed by atoms with Crippen molar-refractivity contribution in [3.8, 4) is 17.2 Å². The van der Waals surface area contributed by atoms with Crippen LogP contribution in [-0.4, -0.2) is 34.8 Å². The number of halogens is 3. The Bertz CT molecular complexity index is 1220. The van der Waals surface area contributed by atoms with Gasteiger partial charge in [-0.05, 0) is 61.5 Å². The Morgan fingerprint density at radius 1 is 1.11 bits per heavy atom. The molecular formula is C26H24F3N3O4. The van der Waals surface area contributed by atoms with Gasteiger partial charge in [-0.15, -0.1) is 0 Å². The lowest BCUT2D eigenvalue weighted by Gasteiger charge is -2.18. The van der Waals surface area contributed by atoms with E-state index in [1.165, 1.54) is 4.90 Å². The normalized spacial score (nSPS) is 15.6. The molecule has 1 aromatic heterocycles. The van der Waals surface area contributed by atoms with Crippen LogP contribution in [0.2, 0.25) is 0 Å². The molecule has 1 aliphatic rings. The van der Waals surface area contributed by atoms with Crippen LogP contribution in [-0.2, 0) is 22.3 Å². The summed E-state index contributed by atoms with van der Waals surface area (Å²) in [4.78, 5) is 31.1. The highest BCUT2D eigenvalue weighted by molar-refractivity contribution is 5.98. The Balaban J connectivity index is 1.51. The molecule has 1 atom stereocenters. The van der Waals surface area contributed by atoms with E-state index >= 15 is 0 Å². The third-order valence-electron chi connectivity index (χ3n) is 5.59. The highest BCUT2D eigenvalue weighted by Gasteiger charge is 2.36. The standard InChI is InChI=1S/C26H24F3N3O4/c1-2-35-20-7-9-21(10-8-20)36-23-11-6-18(26(27,28)29)14-22(23)31-25(34)17-13-24(33)32(15-17)16-19-5-3-4-12-30-19/h3-12,14,17H,2,13,15-16H2,1H3,(H,31,34). The van der Waals surface area contributed by atoms with Crippen LogP contribution in [0.4, 0.5) is 18.9 Å². The summed E-state index contributed by atoms with van der Waals surface area (Å²) >= 11 is 0. The highest BCUT2D eigenvalue weighted by atomic mass is 19.4. The molecule has 2 heterocycles. The van der Waals surface area contributed by atoms with Crippen molar-refractivity contribution in [1.82, 2.24) is 9.88 Å². The van der Waals surface area contributed by atoms with Crippen LogP contribution in [0.15, 0.2) is 66.9 Å². The number of anilines is 1. The largest absolute Gasteiger partial charge is 0.494 e. The Hall–Kier alpha value is -4.08. The SMILES string of the molecule is CCOc1ccc(Oc2ccc(C(F)(F)F)cc2NC(=O)C2CC(=O)N(Cc3ccccn3)C2)cc1. The maximum atomic E-state index is 13.4. The van der Waals surface area contributed by atoms with Gasteiger partial charge in [-0.3, -0.25) is 14.6 Å². The van der Waals surface area contributed by atoms with Crippen molar-refractivity contribution in [1.29, 1.82) is 0 Å². The fraction of sp³-hybridized carbons (Fsp3) is 0.269. The molecule has 0 spiro atoms. The first-order valence-electron chi connectivity index (χ1n) is 11.3. The number of carbonyl (C=O) groups is 2. The molecule has 7 nitrogen and oxygen atoms in total. The number of nitrogens with zero attached hydrogens (tertiary/aromatic N) is 2. The summed E-state index contributed by atoms with van der Waals surface area (Å²) in [6, 6.07) is 14.7. The minimum absolute atomic E-state index is 0.0372. The summed E-state index contributed by atoms with van der Waals surface area (Å²) in [7, 11) is 0. The third-order valence-corrected chi connectivity index (χ3v) is 5.59. The second-order valence-electron chi connectivity index (χ2n) is 8.20. The van der Waals surface area contributed by atoms with Crippen LogP contribution >= 0.6 is 0 Å². The molecule has 0 radical (unpaired) electrons. The van der Waals surface area contributed by atoms with E-state index < -0.39 is 23.6 Å². The Morgan fingerprint density at radius 3 is 2.53 bits per heavy atom. The van der Waals surface area contributed by atoms with Crippen molar-refractivity contribution in [2.45, 2.75) is 26.1 Å². The van der Waals surface area contributed by atoms with Gasteiger partial charge >= 0.3 is 6.18 Å². The van der Waals surface area contributed by atoms with E-state index in [1.54, 1.807) is 48.7 Å². The van der Waals surface area contributed by atoms with Gasteiger partial charge in [0.05, 0.1) is 36.0 Å². The maximum Gasteiger partial charge on any atom is 0.416 e. The first-order chi connectivity index (χ1) is 17.2. The number of ether oxygens (including phenoxy) is 2. The average Bonchev–Trinajstić information content (AvgIpc) is 3.21. The van der Waals surface area contributed by atoms with E-state index in [-0.39, 0.29) is 36.9 Å². The molecule has 0 saturated carbocycles. The Labute approximate surface area is 205 Å². The lowest BCUT2D eigenvalue weighted by molar-refractivity contribution is -0.137. The zero-order valence-electron chi connectivity index (χ0n) is 19.4. The summed E-state index contributed by atoms with van der Waals surface area (Å²) < 4.78 is 51.3. The van der Waals surface area contributed by atoms with Gasteiger partial charge in [0.2, 0.25) is 11.8 Å². The highest BCUT2D eigenvalue weighted by Crippen LogP contribution is 2.37. The monoisotopic (exact) mass is 499 g/mol. The number of hydrogen-bond acceptors (Lipinski definition) is 5. The molecule has 10 heteroatoms. The first-order valence-corrected chi connectivity index (χ1v) is 11.3. The van der Waals surface area contributed by atoms with E-state index in [9.17, 15) is 22.8 Å². The van der Waals surface area contributed by atoms with E-state index in [1.807, 2.05) is 6.92 Å². The predicted octanol–water partition coefficient (Wildman–Crippen LogP) is 5.28. The van der Waals surface area contributed by atoms with E-state index in [2.05, 4.69) is 10.3 Å². The molecule has 188 valence electrons. The summed E-state index contributed by atoms with van der Waals surface area (Å²) in [5.41, 5.74) is -0.397. The number of rotatable bonds is 8. The molecule has 1 fully saturated rings. The van der Waals surface area contributed by atoms with Gasteiger partial charge in [0.1, 0.15) is 11.5 Å². The summed E-state index contributed by atoms with van der Waals surface area (Å²) in [6.45, 7) is 2.71. The zero-order chi connectivity index (χ0) is 25.7. The number of benzene rings is 2. The molecule has 1 aliphatic heterocycles. The lowest BCUT2D eigenvalue weighted by atomic mass is 10.1. The topological polar surface area (TPSA) is 80.8 Å².